The van der Waals surface area contributed by atoms with Crippen LogP contribution in [0.4, 0.5) is 10.8 Å². The Bertz CT molecular complexity index is 1040. The Morgan fingerprint density at radius 3 is 2.81 bits per heavy atom. The average Bonchev–Trinajstić information content (AvgIpc) is 3.07. The standard InChI is InChI=1S/C22H25N5O3S/c1-30-18-8-3-2-6-16(18)24-19(28)9-10-20(29)26-12-5-13-27(15-14-26)22-25-17-7-4-11-23-21(17)31-22/h2-4,6-8,11H,5,9-10,12-15H2,1H3,(H,24,28). The molecule has 1 aliphatic rings. The van der Waals surface area contributed by atoms with Crippen LogP contribution in [0.15, 0.2) is 42.6 Å². The number of hydrogen-bond acceptors (Lipinski definition) is 7. The monoisotopic (exact) mass is 439 g/mol. The molecule has 0 spiro atoms. The van der Waals surface area contributed by atoms with Crippen molar-refractivity contribution >= 4 is 44.3 Å². The van der Waals surface area contributed by atoms with Crippen LogP contribution in [0.1, 0.15) is 19.3 Å². The van der Waals surface area contributed by atoms with E-state index in [1.54, 1.807) is 36.8 Å². The fraction of sp³-hybridized carbons (Fsp3) is 0.364. The fourth-order valence-electron chi connectivity index (χ4n) is 3.59. The predicted molar refractivity (Wildman–Crippen MR) is 122 cm³/mol. The highest BCUT2D eigenvalue weighted by Crippen LogP contribution is 2.28. The van der Waals surface area contributed by atoms with E-state index < -0.39 is 0 Å². The topological polar surface area (TPSA) is 87.7 Å². The number of thiazole rings is 1. The number of anilines is 2. The Hall–Kier alpha value is -3.20. The molecule has 9 heteroatoms. The van der Waals surface area contributed by atoms with E-state index in [0.717, 1.165) is 35.0 Å². The number of methoxy groups -OCH3 is 1. The van der Waals surface area contributed by atoms with Crippen LogP contribution in [0.25, 0.3) is 10.3 Å². The second-order valence-corrected chi connectivity index (χ2v) is 8.25. The molecule has 31 heavy (non-hydrogen) atoms. The lowest BCUT2D eigenvalue weighted by Crippen LogP contribution is -2.35. The third kappa shape index (κ3) is 5.11. The van der Waals surface area contributed by atoms with Crippen LogP contribution in [0, 0.1) is 0 Å². The van der Waals surface area contributed by atoms with E-state index >= 15 is 0 Å². The van der Waals surface area contributed by atoms with Crippen molar-refractivity contribution in [3.8, 4) is 5.75 Å². The van der Waals surface area contributed by atoms with Crippen molar-refractivity contribution in [2.24, 2.45) is 0 Å². The summed E-state index contributed by atoms with van der Waals surface area (Å²) < 4.78 is 5.24. The zero-order chi connectivity index (χ0) is 21.6. The number of carbonyl (C=O) groups excluding carboxylic acids is 2. The fourth-order valence-corrected chi connectivity index (χ4v) is 4.55. The highest BCUT2D eigenvalue weighted by molar-refractivity contribution is 7.21. The molecule has 1 aromatic carbocycles. The van der Waals surface area contributed by atoms with Gasteiger partial charge in [-0.2, -0.15) is 0 Å². The van der Waals surface area contributed by atoms with Gasteiger partial charge >= 0.3 is 0 Å². The van der Waals surface area contributed by atoms with Gasteiger partial charge in [0.2, 0.25) is 11.8 Å². The summed E-state index contributed by atoms with van der Waals surface area (Å²) in [5.74, 6) is 0.402. The maximum absolute atomic E-state index is 12.7. The minimum absolute atomic E-state index is 0.00277. The minimum Gasteiger partial charge on any atom is -0.495 e. The van der Waals surface area contributed by atoms with E-state index in [-0.39, 0.29) is 24.7 Å². The van der Waals surface area contributed by atoms with Gasteiger partial charge in [0.1, 0.15) is 16.1 Å². The van der Waals surface area contributed by atoms with Gasteiger partial charge in [0.05, 0.1) is 12.8 Å². The molecule has 0 bridgehead atoms. The number of rotatable bonds is 6. The van der Waals surface area contributed by atoms with Crippen LogP contribution in [0.3, 0.4) is 0 Å². The molecular weight excluding hydrogens is 414 g/mol. The Kier molecular flexibility index (Phi) is 6.61. The van der Waals surface area contributed by atoms with Crippen molar-refractivity contribution in [2.45, 2.75) is 19.3 Å². The first-order chi connectivity index (χ1) is 15.1. The smallest absolute Gasteiger partial charge is 0.224 e. The number of aromatic nitrogens is 2. The summed E-state index contributed by atoms with van der Waals surface area (Å²) >= 11 is 1.58. The van der Waals surface area contributed by atoms with Gasteiger partial charge in [-0.05, 0) is 30.7 Å². The number of para-hydroxylation sites is 2. The number of nitrogens with zero attached hydrogens (tertiary/aromatic N) is 4. The van der Waals surface area contributed by atoms with E-state index in [2.05, 4.69) is 20.2 Å². The maximum Gasteiger partial charge on any atom is 0.224 e. The van der Waals surface area contributed by atoms with Crippen LogP contribution in [-0.2, 0) is 9.59 Å². The Morgan fingerprint density at radius 1 is 1.10 bits per heavy atom. The molecule has 0 radical (unpaired) electrons. The summed E-state index contributed by atoms with van der Waals surface area (Å²) in [5.41, 5.74) is 1.51. The molecule has 3 heterocycles. The quantitative estimate of drug-likeness (QED) is 0.635. The molecule has 1 saturated heterocycles. The number of amides is 2. The Balaban J connectivity index is 1.29. The lowest BCUT2D eigenvalue weighted by molar-refractivity contribution is -0.132. The van der Waals surface area contributed by atoms with Crippen molar-refractivity contribution in [2.75, 3.05) is 43.5 Å². The highest BCUT2D eigenvalue weighted by Gasteiger charge is 2.22. The molecular formula is C22H25N5O3S. The minimum atomic E-state index is -0.198. The third-order valence-corrected chi connectivity index (χ3v) is 6.26. The van der Waals surface area contributed by atoms with E-state index in [9.17, 15) is 9.59 Å². The van der Waals surface area contributed by atoms with Crippen LogP contribution in [-0.4, -0.2) is 60.0 Å². The third-order valence-electron chi connectivity index (χ3n) is 5.22. The normalized spacial score (nSPS) is 14.4. The van der Waals surface area contributed by atoms with Crippen LogP contribution in [0.5, 0.6) is 5.75 Å². The SMILES string of the molecule is COc1ccccc1NC(=O)CCC(=O)N1CCCN(c2nc3cccnc3s2)CC1. The summed E-state index contributed by atoms with van der Waals surface area (Å²) in [7, 11) is 1.56. The number of hydrogen-bond donors (Lipinski definition) is 1. The number of ether oxygens (including phenoxy) is 1. The molecule has 1 N–H and O–H groups in total. The number of benzene rings is 1. The molecule has 0 atom stereocenters. The summed E-state index contributed by atoms with van der Waals surface area (Å²) in [6, 6.07) is 11.1. The van der Waals surface area contributed by atoms with Crippen molar-refractivity contribution in [1.82, 2.24) is 14.9 Å². The second kappa shape index (κ2) is 9.74. The first-order valence-corrected chi connectivity index (χ1v) is 11.1. The average molecular weight is 440 g/mol. The summed E-state index contributed by atoms with van der Waals surface area (Å²) in [4.78, 5) is 39.0. The number of nitrogens with one attached hydrogen (secondary N) is 1. The molecule has 1 aliphatic heterocycles. The van der Waals surface area contributed by atoms with Crippen LogP contribution in [0.2, 0.25) is 0 Å². The summed E-state index contributed by atoms with van der Waals surface area (Å²) in [6.07, 6.45) is 2.96. The van der Waals surface area contributed by atoms with Crippen molar-refractivity contribution < 1.29 is 14.3 Å². The first-order valence-electron chi connectivity index (χ1n) is 10.3. The van der Waals surface area contributed by atoms with Gasteiger partial charge < -0.3 is 19.9 Å². The maximum atomic E-state index is 12.7. The molecule has 4 rings (SSSR count). The van der Waals surface area contributed by atoms with Gasteiger partial charge in [-0.3, -0.25) is 9.59 Å². The molecule has 0 unspecified atom stereocenters. The molecule has 8 nitrogen and oxygen atoms in total. The van der Waals surface area contributed by atoms with Crippen molar-refractivity contribution in [3.05, 3.63) is 42.6 Å². The van der Waals surface area contributed by atoms with Gasteiger partial charge in [-0.15, -0.1) is 0 Å². The highest BCUT2D eigenvalue weighted by atomic mass is 32.1. The molecule has 0 aliphatic carbocycles. The Morgan fingerprint density at radius 2 is 1.97 bits per heavy atom. The zero-order valence-electron chi connectivity index (χ0n) is 17.4. The van der Waals surface area contributed by atoms with Crippen molar-refractivity contribution in [3.63, 3.8) is 0 Å². The Labute approximate surface area is 184 Å². The predicted octanol–water partition coefficient (Wildman–Crippen LogP) is 3.16. The van der Waals surface area contributed by atoms with E-state index in [1.807, 2.05) is 29.2 Å². The molecule has 162 valence electrons. The van der Waals surface area contributed by atoms with Crippen LogP contribution < -0.4 is 15.0 Å². The first kappa shape index (κ1) is 21.0. The molecule has 1 fully saturated rings. The van der Waals surface area contributed by atoms with E-state index in [4.69, 9.17) is 4.74 Å². The van der Waals surface area contributed by atoms with Crippen LogP contribution >= 0.6 is 11.3 Å². The number of carbonyl (C=O) groups is 2. The van der Waals surface area contributed by atoms with Gasteiger partial charge in [0.15, 0.2) is 5.13 Å². The molecule has 2 amide bonds. The zero-order valence-corrected chi connectivity index (χ0v) is 18.2. The lowest BCUT2D eigenvalue weighted by Gasteiger charge is -2.21. The van der Waals surface area contributed by atoms with Gasteiger partial charge in [-0.1, -0.05) is 23.5 Å². The van der Waals surface area contributed by atoms with E-state index in [0.29, 0.717) is 24.5 Å². The molecule has 2 aromatic heterocycles. The van der Waals surface area contributed by atoms with Crippen molar-refractivity contribution in [1.29, 1.82) is 0 Å². The number of fused-ring (bicyclic) bond motifs is 1. The van der Waals surface area contributed by atoms with Gasteiger partial charge in [0, 0.05) is 45.2 Å². The lowest BCUT2D eigenvalue weighted by atomic mass is 10.2. The molecule has 3 aromatic rings. The van der Waals surface area contributed by atoms with Gasteiger partial charge in [-0.25, -0.2) is 9.97 Å². The second-order valence-electron chi connectivity index (χ2n) is 7.29. The molecule has 0 saturated carbocycles. The largest absolute Gasteiger partial charge is 0.495 e. The number of pyridine rings is 1. The summed E-state index contributed by atoms with van der Waals surface area (Å²) in [5, 5.41) is 3.76. The van der Waals surface area contributed by atoms with Gasteiger partial charge in [0.25, 0.3) is 0 Å². The van der Waals surface area contributed by atoms with E-state index in [1.165, 1.54) is 0 Å². The summed E-state index contributed by atoms with van der Waals surface area (Å²) in [6.45, 7) is 2.87.